The maximum absolute atomic E-state index is 11.9. The molecule has 7 atom stereocenters. The van der Waals surface area contributed by atoms with Gasteiger partial charge in [-0.1, -0.05) is 19.4 Å². The molecule has 1 aliphatic heterocycles. The highest BCUT2D eigenvalue weighted by Gasteiger charge is 2.64. The van der Waals surface area contributed by atoms with Crippen LogP contribution in [0.1, 0.15) is 72.1 Å². The SMILES string of the molecule is C[C@]12CC[C@H]3[C@@H](CCC4=CC(=O)CC[C@@]43C)[C@@H]1CC[C@@H]2[C@]1(C)CO1. The van der Waals surface area contributed by atoms with Crippen molar-refractivity contribution in [2.24, 2.45) is 34.5 Å². The summed E-state index contributed by atoms with van der Waals surface area (Å²) in [6, 6.07) is 0. The lowest BCUT2D eigenvalue weighted by Crippen LogP contribution is -2.51. The summed E-state index contributed by atoms with van der Waals surface area (Å²) in [6.45, 7) is 8.42. The largest absolute Gasteiger partial charge is 0.370 e. The molecule has 5 rings (SSSR count). The molecule has 0 bridgehead atoms. The first-order valence-corrected chi connectivity index (χ1v) is 10.2. The quantitative estimate of drug-likeness (QED) is 0.639. The molecule has 2 nitrogen and oxygen atoms in total. The highest BCUT2D eigenvalue weighted by Crippen LogP contribution is 2.69. The number of epoxide rings is 1. The van der Waals surface area contributed by atoms with Crippen LogP contribution in [-0.4, -0.2) is 18.0 Å². The Morgan fingerprint density at radius 1 is 1.00 bits per heavy atom. The number of ketones is 1. The zero-order valence-corrected chi connectivity index (χ0v) is 15.6. The van der Waals surface area contributed by atoms with Gasteiger partial charge in [0.05, 0.1) is 12.2 Å². The number of rotatable bonds is 1. The first kappa shape index (κ1) is 15.6. The third-order valence-corrected chi connectivity index (χ3v) is 9.30. The number of allylic oxidation sites excluding steroid dienone is 1. The molecule has 0 aromatic heterocycles. The predicted octanol–water partition coefficient (Wildman–Crippen LogP) is 4.92. The van der Waals surface area contributed by atoms with E-state index in [4.69, 9.17) is 4.74 Å². The number of fused-ring (bicyclic) bond motifs is 5. The Labute approximate surface area is 146 Å². The molecule has 24 heavy (non-hydrogen) atoms. The fourth-order valence-corrected chi connectivity index (χ4v) is 7.88. The van der Waals surface area contributed by atoms with Gasteiger partial charge in [0.25, 0.3) is 0 Å². The molecular formula is C22H32O2. The van der Waals surface area contributed by atoms with Crippen molar-refractivity contribution in [3.05, 3.63) is 11.6 Å². The molecule has 1 saturated heterocycles. The fourth-order valence-electron chi connectivity index (χ4n) is 7.88. The molecule has 3 saturated carbocycles. The van der Waals surface area contributed by atoms with Crippen LogP contribution in [0.3, 0.4) is 0 Å². The van der Waals surface area contributed by atoms with Gasteiger partial charge < -0.3 is 4.74 Å². The van der Waals surface area contributed by atoms with Gasteiger partial charge in [0.1, 0.15) is 0 Å². The van der Waals surface area contributed by atoms with Crippen LogP contribution in [0.2, 0.25) is 0 Å². The molecule has 4 aliphatic carbocycles. The molecule has 132 valence electrons. The molecule has 5 aliphatic rings. The lowest BCUT2D eigenvalue weighted by molar-refractivity contribution is -0.117. The first-order chi connectivity index (χ1) is 11.4. The number of hydrogen-bond donors (Lipinski definition) is 0. The number of hydrogen-bond acceptors (Lipinski definition) is 2. The average Bonchev–Trinajstić information content (AvgIpc) is 3.17. The van der Waals surface area contributed by atoms with E-state index in [1.54, 1.807) is 0 Å². The van der Waals surface area contributed by atoms with Crippen molar-refractivity contribution in [1.82, 2.24) is 0 Å². The van der Waals surface area contributed by atoms with Gasteiger partial charge in [-0.15, -0.1) is 0 Å². The fraction of sp³-hybridized carbons (Fsp3) is 0.864. The van der Waals surface area contributed by atoms with Gasteiger partial charge in [-0.3, -0.25) is 4.79 Å². The molecule has 2 heteroatoms. The Balaban J connectivity index is 1.47. The summed E-state index contributed by atoms with van der Waals surface area (Å²) < 4.78 is 5.90. The van der Waals surface area contributed by atoms with Gasteiger partial charge in [-0.25, -0.2) is 0 Å². The van der Waals surface area contributed by atoms with E-state index in [0.717, 1.165) is 43.1 Å². The average molecular weight is 328 g/mol. The Bertz CT molecular complexity index is 615. The van der Waals surface area contributed by atoms with Crippen molar-refractivity contribution in [3.63, 3.8) is 0 Å². The number of carbonyl (C=O) groups excluding carboxylic acids is 1. The predicted molar refractivity (Wildman–Crippen MR) is 94.6 cm³/mol. The van der Waals surface area contributed by atoms with E-state index in [1.807, 2.05) is 6.08 Å². The summed E-state index contributed by atoms with van der Waals surface area (Å²) >= 11 is 0. The summed E-state index contributed by atoms with van der Waals surface area (Å²) in [5.74, 6) is 3.73. The van der Waals surface area contributed by atoms with Crippen LogP contribution in [0.15, 0.2) is 11.6 Å². The maximum atomic E-state index is 11.9. The van der Waals surface area contributed by atoms with Crippen molar-refractivity contribution >= 4 is 5.78 Å². The van der Waals surface area contributed by atoms with Gasteiger partial charge in [0.15, 0.2) is 5.78 Å². The third kappa shape index (κ3) is 1.90. The van der Waals surface area contributed by atoms with Gasteiger partial charge in [0, 0.05) is 6.42 Å². The van der Waals surface area contributed by atoms with Crippen molar-refractivity contribution < 1.29 is 9.53 Å². The smallest absolute Gasteiger partial charge is 0.155 e. The highest BCUT2D eigenvalue weighted by molar-refractivity contribution is 5.91. The van der Waals surface area contributed by atoms with Crippen molar-refractivity contribution in [3.8, 4) is 0 Å². The topological polar surface area (TPSA) is 29.6 Å². The highest BCUT2D eigenvalue weighted by atomic mass is 16.6. The van der Waals surface area contributed by atoms with Crippen LogP contribution in [0.25, 0.3) is 0 Å². The monoisotopic (exact) mass is 328 g/mol. The third-order valence-electron chi connectivity index (χ3n) is 9.30. The lowest BCUT2D eigenvalue weighted by Gasteiger charge is -2.58. The van der Waals surface area contributed by atoms with Crippen molar-refractivity contribution in [2.45, 2.75) is 77.7 Å². The van der Waals surface area contributed by atoms with E-state index in [9.17, 15) is 4.79 Å². The van der Waals surface area contributed by atoms with Crippen LogP contribution in [-0.2, 0) is 9.53 Å². The van der Waals surface area contributed by atoms with E-state index in [-0.39, 0.29) is 5.60 Å². The lowest BCUT2D eigenvalue weighted by atomic mass is 9.46. The number of carbonyl (C=O) groups is 1. The summed E-state index contributed by atoms with van der Waals surface area (Å²) in [7, 11) is 0. The molecule has 4 fully saturated rings. The molecule has 0 radical (unpaired) electrons. The molecule has 0 aromatic rings. The molecule has 0 N–H and O–H groups in total. The standard InChI is InChI=1S/C22H32O2/c1-20-10-8-15(23)12-14(20)4-5-16-17-6-7-19(22(3)13-24-22)21(17,2)11-9-18(16)20/h12,16-19H,4-11,13H2,1-3H3/t16-,17-,18-,19-,20-,21-,22-/m0/s1. The van der Waals surface area contributed by atoms with E-state index in [2.05, 4.69) is 20.8 Å². The van der Waals surface area contributed by atoms with Gasteiger partial charge >= 0.3 is 0 Å². The molecule has 1 heterocycles. The molecule has 0 spiro atoms. The summed E-state index contributed by atoms with van der Waals surface area (Å²) in [5.41, 5.74) is 2.50. The second kappa shape index (κ2) is 4.75. The van der Waals surface area contributed by atoms with Crippen molar-refractivity contribution in [2.75, 3.05) is 6.61 Å². The second-order valence-electron chi connectivity index (χ2n) is 10.2. The molecule has 0 unspecified atom stereocenters. The molecule has 0 aromatic carbocycles. The Kier molecular flexibility index (Phi) is 3.09. The van der Waals surface area contributed by atoms with Gasteiger partial charge in [0.2, 0.25) is 0 Å². The minimum absolute atomic E-state index is 0.192. The van der Waals surface area contributed by atoms with Gasteiger partial charge in [-0.2, -0.15) is 0 Å². The molecular weight excluding hydrogens is 296 g/mol. The number of ether oxygens (including phenoxy) is 1. The molecule has 0 amide bonds. The van der Waals surface area contributed by atoms with Crippen LogP contribution < -0.4 is 0 Å². The zero-order valence-electron chi connectivity index (χ0n) is 15.6. The second-order valence-corrected chi connectivity index (χ2v) is 10.2. The minimum atomic E-state index is 0.192. The van der Waals surface area contributed by atoms with E-state index in [1.165, 1.54) is 44.1 Å². The van der Waals surface area contributed by atoms with Crippen LogP contribution in [0.4, 0.5) is 0 Å². The zero-order chi connectivity index (χ0) is 16.7. The summed E-state index contributed by atoms with van der Waals surface area (Å²) in [5, 5.41) is 0. The normalized spacial score (nSPS) is 56.1. The Morgan fingerprint density at radius 3 is 2.54 bits per heavy atom. The maximum Gasteiger partial charge on any atom is 0.155 e. The van der Waals surface area contributed by atoms with Crippen LogP contribution in [0.5, 0.6) is 0 Å². The minimum Gasteiger partial charge on any atom is -0.370 e. The van der Waals surface area contributed by atoms with E-state index >= 15 is 0 Å². The summed E-state index contributed by atoms with van der Waals surface area (Å²) in [4.78, 5) is 11.9. The van der Waals surface area contributed by atoms with Gasteiger partial charge in [-0.05, 0) is 92.4 Å². The summed E-state index contributed by atoms with van der Waals surface area (Å²) in [6.07, 6.45) is 11.9. The van der Waals surface area contributed by atoms with E-state index < -0.39 is 0 Å². The van der Waals surface area contributed by atoms with Crippen molar-refractivity contribution in [1.29, 1.82) is 0 Å². The first-order valence-electron chi connectivity index (χ1n) is 10.2. The Morgan fingerprint density at radius 2 is 1.79 bits per heavy atom. The Hall–Kier alpha value is -0.630. The van der Waals surface area contributed by atoms with Crippen LogP contribution in [0, 0.1) is 34.5 Å². The van der Waals surface area contributed by atoms with E-state index in [0.29, 0.717) is 16.6 Å². The van der Waals surface area contributed by atoms with Crippen LogP contribution >= 0.6 is 0 Å².